The fourth-order valence-corrected chi connectivity index (χ4v) is 3.23. The number of aliphatic hydroxyl groups is 1. The van der Waals surface area contributed by atoms with Crippen LogP contribution in [0.25, 0.3) is 0 Å². The summed E-state index contributed by atoms with van der Waals surface area (Å²) in [7, 11) is 0. The first-order chi connectivity index (χ1) is 9.06. The highest BCUT2D eigenvalue weighted by Crippen LogP contribution is 2.48. The summed E-state index contributed by atoms with van der Waals surface area (Å²) in [5.74, 6) is -0.0928. The van der Waals surface area contributed by atoms with E-state index in [4.69, 9.17) is 5.26 Å². The molecule has 19 heavy (non-hydrogen) atoms. The van der Waals surface area contributed by atoms with Crippen LogP contribution in [0.15, 0.2) is 18.2 Å². The van der Waals surface area contributed by atoms with Gasteiger partial charge in [-0.25, -0.2) is 4.39 Å². The first-order valence-corrected chi connectivity index (χ1v) is 6.75. The normalized spacial score (nSPS) is 30.4. The number of rotatable bonds is 2. The van der Waals surface area contributed by atoms with Crippen molar-refractivity contribution >= 4 is 5.69 Å². The van der Waals surface area contributed by atoms with Crippen LogP contribution in [0.2, 0.25) is 0 Å². The number of hydrogen-bond donors (Lipinski definition) is 1. The maximum atomic E-state index is 13.7. The average Bonchev–Trinajstić information content (AvgIpc) is 3.19. The monoisotopic (exact) mass is 260 g/mol. The first kappa shape index (κ1) is 12.4. The predicted octanol–water partition coefficient (Wildman–Crippen LogP) is 2.44. The highest BCUT2D eigenvalue weighted by atomic mass is 19.1. The second kappa shape index (κ2) is 4.21. The topological polar surface area (TPSA) is 47.3 Å². The van der Waals surface area contributed by atoms with Crippen LogP contribution in [0, 0.1) is 23.1 Å². The van der Waals surface area contributed by atoms with E-state index in [1.165, 1.54) is 12.1 Å². The van der Waals surface area contributed by atoms with E-state index in [2.05, 4.69) is 0 Å². The quantitative estimate of drug-likeness (QED) is 0.888. The second-order valence-corrected chi connectivity index (χ2v) is 5.66. The molecule has 1 heterocycles. The van der Waals surface area contributed by atoms with E-state index in [9.17, 15) is 9.50 Å². The van der Waals surface area contributed by atoms with Gasteiger partial charge in [-0.15, -0.1) is 0 Å². The van der Waals surface area contributed by atoms with Crippen molar-refractivity contribution in [3.63, 3.8) is 0 Å². The number of benzene rings is 1. The maximum absolute atomic E-state index is 13.7. The van der Waals surface area contributed by atoms with E-state index in [1.807, 2.05) is 17.9 Å². The molecule has 1 aromatic carbocycles. The van der Waals surface area contributed by atoms with Crippen molar-refractivity contribution in [1.82, 2.24) is 0 Å². The summed E-state index contributed by atoms with van der Waals surface area (Å²) >= 11 is 0. The van der Waals surface area contributed by atoms with Gasteiger partial charge >= 0.3 is 0 Å². The molecule has 4 heteroatoms. The molecule has 0 spiro atoms. The van der Waals surface area contributed by atoms with Gasteiger partial charge in [0.15, 0.2) is 0 Å². The zero-order chi connectivity index (χ0) is 13.6. The van der Waals surface area contributed by atoms with E-state index in [1.54, 1.807) is 6.07 Å². The van der Waals surface area contributed by atoms with Gasteiger partial charge in [0, 0.05) is 12.2 Å². The van der Waals surface area contributed by atoms with E-state index < -0.39 is 11.4 Å². The van der Waals surface area contributed by atoms with Gasteiger partial charge in [-0.05, 0) is 50.3 Å². The molecule has 3 nitrogen and oxygen atoms in total. The van der Waals surface area contributed by atoms with Gasteiger partial charge in [0.25, 0.3) is 0 Å². The van der Waals surface area contributed by atoms with Crippen LogP contribution in [0.1, 0.15) is 31.7 Å². The summed E-state index contributed by atoms with van der Waals surface area (Å²) in [6.07, 6.45) is 2.92. The Labute approximate surface area is 112 Å². The molecular formula is C15H17FN2O. The molecule has 1 aliphatic heterocycles. The van der Waals surface area contributed by atoms with Crippen molar-refractivity contribution < 1.29 is 9.50 Å². The molecule has 1 saturated carbocycles. The standard InChI is InChI=1S/C15H17FN2O/c1-10-15(19,12-3-4-12)6-7-18(10)13-5-2-11(9-17)14(16)8-13/h2,5,8,10,12,19H,3-4,6-7H2,1H3/t10-,15-/m0/s1. The Morgan fingerprint density at radius 2 is 2.21 bits per heavy atom. The zero-order valence-corrected chi connectivity index (χ0v) is 10.9. The second-order valence-electron chi connectivity index (χ2n) is 5.66. The van der Waals surface area contributed by atoms with Crippen molar-refractivity contribution in [3.8, 4) is 6.07 Å². The Balaban J connectivity index is 1.87. The lowest BCUT2D eigenvalue weighted by Crippen LogP contribution is -2.44. The third kappa shape index (κ3) is 1.89. The summed E-state index contributed by atoms with van der Waals surface area (Å²) in [5.41, 5.74) is 0.179. The number of nitriles is 1. The molecule has 1 aromatic rings. The number of hydrogen-bond acceptors (Lipinski definition) is 3. The minimum absolute atomic E-state index is 0.00710. The molecule has 0 amide bonds. The number of halogens is 1. The molecule has 0 bridgehead atoms. The predicted molar refractivity (Wildman–Crippen MR) is 70.2 cm³/mol. The average molecular weight is 260 g/mol. The smallest absolute Gasteiger partial charge is 0.143 e. The van der Waals surface area contributed by atoms with Crippen LogP contribution in [-0.2, 0) is 0 Å². The largest absolute Gasteiger partial charge is 0.387 e. The Hall–Kier alpha value is -1.60. The lowest BCUT2D eigenvalue weighted by molar-refractivity contribution is 0.0142. The Kier molecular flexibility index (Phi) is 2.75. The van der Waals surface area contributed by atoms with Crippen molar-refractivity contribution in [1.29, 1.82) is 5.26 Å². The minimum atomic E-state index is -0.635. The molecule has 2 aliphatic rings. The molecular weight excluding hydrogens is 243 g/mol. The number of nitrogens with zero attached hydrogens (tertiary/aromatic N) is 2. The van der Waals surface area contributed by atoms with Crippen LogP contribution in [-0.4, -0.2) is 23.3 Å². The minimum Gasteiger partial charge on any atom is -0.387 e. The molecule has 0 unspecified atom stereocenters. The van der Waals surface area contributed by atoms with Crippen molar-refractivity contribution in [2.75, 3.05) is 11.4 Å². The van der Waals surface area contributed by atoms with Gasteiger partial charge in [-0.1, -0.05) is 0 Å². The molecule has 1 N–H and O–H groups in total. The van der Waals surface area contributed by atoms with Crippen LogP contribution in [0.4, 0.5) is 10.1 Å². The lowest BCUT2D eigenvalue weighted by atomic mass is 9.90. The molecule has 3 rings (SSSR count). The highest BCUT2D eigenvalue weighted by Gasteiger charge is 2.52. The van der Waals surface area contributed by atoms with E-state index in [-0.39, 0.29) is 11.6 Å². The Bertz CT molecular complexity index is 550. The van der Waals surface area contributed by atoms with Crippen LogP contribution < -0.4 is 4.90 Å². The van der Waals surface area contributed by atoms with Crippen molar-refractivity contribution in [2.45, 2.75) is 37.8 Å². The Morgan fingerprint density at radius 3 is 2.79 bits per heavy atom. The van der Waals surface area contributed by atoms with Gasteiger partial charge in [0.1, 0.15) is 11.9 Å². The van der Waals surface area contributed by atoms with Crippen LogP contribution in [0.3, 0.4) is 0 Å². The fourth-order valence-electron chi connectivity index (χ4n) is 3.23. The van der Waals surface area contributed by atoms with Gasteiger partial charge in [-0.3, -0.25) is 0 Å². The first-order valence-electron chi connectivity index (χ1n) is 6.75. The Morgan fingerprint density at radius 1 is 1.47 bits per heavy atom. The fraction of sp³-hybridized carbons (Fsp3) is 0.533. The maximum Gasteiger partial charge on any atom is 0.143 e. The molecule has 2 atom stereocenters. The SMILES string of the molecule is C[C@@H]1N(c2ccc(C#N)c(F)c2)CC[C@@]1(O)C1CC1. The van der Waals surface area contributed by atoms with Gasteiger partial charge < -0.3 is 10.0 Å². The van der Waals surface area contributed by atoms with Crippen LogP contribution in [0.5, 0.6) is 0 Å². The number of anilines is 1. The summed E-state index contributed by atoms with van der Waals surface area (Å²) in [6, 6.07) is 6.48. The molecule has 0 aromatic heterocycles. The third-order valence-electron chi connectivity index (χ3n) is 4.63. The van der Waals surface area contributed by atoms with Gasteiger partial charge in [0.05, 0.1) is 17.2 Å². The summed E-state index contributed by atoms with van der Waals surface area (Å²) in [6.45, 7) is 2.74. The van der Waals surface area contributed by atoms with Crippen molar-refractivity contribution in [2.24, 2.45) is 5.92 Å². The van der Waals surface area contributed by atoms with Crippen molar-refractivity contribution in [3.05, 3.63) is 29.6 Å². The molecule has 1 aliphatic carbocycles. The molecule has 2 fully saturated rings. The van der Waals surface area contributed by atoms with Gasteiger partial charge in [0.2, 0.25) is 0 Å². The molecule has 0 radical (unpaired) electrons. The molecule has 1 saturated heterocycles. The summed E-state index contributed by atoms with van der Waals surface area (Å²) in [4.78, 5) is 2.04. The summed E-state index contributed by atoms with van der Waals surface area (Å²) < 4.78 is 13.7. The van der Waals surface area contributed by atoms with E-state index in [0.717, 1.165) is 31.5 Å². The summed E-state index contributed by atoms with van der Waals surface area (Å²) in [5, 5.41) is 19.5. The highest BCUT2D eigenvalue weighted by molar-refractivity contribution is 5.53. The van der Waals surface area contributed by atoms with Crippen LogP contribution >= 0.6 is 0 Å². The zero-order valence-electron chi connectivity index (χ0n) is 10.9. The van der Waals surface area contributed by atoms with E-state index >= 15 is 0 Å². The third-order valence-corrected chi connectivity index (χ3v) is 4.63. The van der Waals surface area contributed by atoms with Gasteiger partial charge in [-0.2, -0.15) is 5.26 Å². The van der Waals surface area contributed by atoms with E-state index in [0.29, 0.717) is 5.92 Å². The molecule has 100 valence electrons. The lowest BCUT2D eigenvalue weighted by Gasteiger charge is -2.32.